The average molecular weight is 255 g/mol. The smallest absolute Gasteiger partial charge is 0.313 e. The molecule has 2 N–H and O–H groups in total. The number of hydrogen-bond donors (Lipinski definition) is 2. The van der Waals surface area contributed by atoms with Crippen molar-refractivity contribution in [3.63, 3.8) is 0 Å². The molecular formula is C10H13N3O3S. The van der Waals surface area contributed by atoms with E-state index in [0.29, 0.717) is 12.4 Å². The maximum atomic E-state index is 11.3. The quantitative estimate of drug-likeness (QED) is 0.755. The third-order valence-electron chi connectivity index (χ3n) is 1.76. The maximum Gasteiger partial charge on any atom is 0.313 e. The van der Waals surface area contributed by atoms with Gasteiger partial charge >= 0.3 is 5.97 Å². The van der Waals surface area contributed by atoms with Crippen LogP contribution in [0.25, 0.3) is 0 Å². The average Bonchev–Trinajstić information content (AvgIpc) is 2.26. The molecule has 92 valence electrons. The lowest BCUT2D eigenvalue weighted by Gasteiger charge is -2.04. The summed E-state index contributed by atoms with van der Waals surface area (Å²) in [6.45, 7) is 2.10. The van der Waals surface area contributed by atoms with E-state index in [1.807, 2.05) is 0 Å². The van der Waals surface area contributed by atoms with Crippen molar-refractivity contribution in [1.29, 1.82) is 0 Å². The summed E-state index contributed by atoms with van der Waals surface area (Å²) in [6, 6.07) is 1.72. The number of nitrogens with one attached hydrogen (secondary N) is 1. The van der Waals surface area contributed by atoms with Crippen LogP contribution in [0.2, 0.25) is 0 Å². The zero-order chi connectivity index (χ0) is 12.7. The third kappa shape index (κ3) is 5.86. The van der Waals surface area contributed by atoms with Crippen molar-refractivity contribution in [2.24, 2.45) is 0 Å². The van der Waals surface area contributed by atoms with Gasteiger partial charge in [-0.15, -0.1) is 11.8 Å². The predicted molar refractivity (Wildman–Crippen MR) is 63.6 cm³/mol. The first-order valence-corrected chi connectivity index (χ1v) is 6.08. The number of rotatable bonds is 6. The van der Waals surface area contributed by atoms with Gasteiger partial charge < -0.3 is 10.4 Å². The Morgan fingerprint density at radius 1 is 1.47 bits per heavy atom. The number of nitrogens with zero attached hydrogens (tertiary/aromatic N) is 2. The van der Waals surface area contributed by atoms with Crippen LogP contribution in [0.3, 0.4) is 0 Å². The van der Waals surface area contributed by atoms with E-state index in [1.54, 1.807) is 19.2 Å². The number of hydrogen-bond acceptors (Lipinski definition) is 5. The van der Waals surface area contributed by atoms with Crippen LogP contribution in [0.4, 0.5) is 0 Å². The Kier molecular flexibility index (Phi) is 5.41. The van der Waals surface area contributed by atoms with Crippen molar-refractivity contribution in [1.82, 2.24) is 15.3 Å². The summed E-state index contributed by atoms with van der Waals surface area (Å²) in [6.07, 6.45) is 1.63. The molecule has 0 spiro atoms. The number of aliphatic carboxylic acids is 1. The second kappa shape index (κ2) is 6.85. The molecule has 7 heteroatoms. The van der Waals surface area contributed by atoms with Gasteiger partial charge in [-0.05, 0) is 13.0 Å². The lowest BCUT2D eigenvalue weighted by atomic mass is 10.4. The second-order valence-electron chi connectivity index (χ2n) is 3.26. The largest absolute Gasteiger partial charge is 0.481 e. The van der Waals surface area contributed by atoms with Crippen molar-refractivity contribution in [3.8, 4) is 0 Å². The van der Waals surface area contributed by atoms with Gasteiger partial charge in [0.2, 0.25) is 5.91 Å². The minimum absolute atomic E-state index is 0.0694. The van der Waals surface area contributed by atoms with Crippen LogP contribution < -0.4 is 5.32 Å². The van der Waals surface area contributed by atoms with Gasteiger partial charge in [0.1, 0.15) is 5.82 Å². The molecule has 0 bridgehead atoms. The fraction of sp³-hybridized carbons (Fsp3) is 0.400. The van der Waals surface area contributed by atoms with E-state index in [9.17, 15) is 9.59 Å². The minimum atomic E-state index is -0.922. The van der Waals surface area contributed by atoms with E-state index in [2.05, 4.69) is 15.3 Å². The summed E-state index contributed by atoms with van der Waals surface area (Å²) in [5.74, 6) is -0.408. The first-order valence-electron chi connectivity index (χ1n) is 4.92. The molecule has 0 saturated heterocycles. The molecule has 0 aromatic carbocycles. The van der Waals surface area contributed by atoms with Gasteiger partial charge in [-0.25, -0.2) is 9.97 Å². The molecule has 17 heavy (non-hydrogen) atoms. The summed E-state index contributed by atoms with van der Waals surface area (Å²) in [5, 5.41) is 11.1. The standard InChI is InChI=1S/C10H13N3O3S/c1-7-11-3-2-8(13-7)4-12-9(14)5-17-6-10(15)16/h2-3H,4-6H2,1H3,(H,12,14)(H,15,16). The Labute approximate surface area is 103 Å². The Hall–Kier alpha value is -1.63. The molecular weight excluding hydrogens is 242 g/mol. The number of carboxylic acid groups (broad SMARTS) is 1. The molecule has 6 nitrogen and oxygen atoms in total. The molecule has 1 heterocycles. The Bertz CT molecular complexity index is 412. The number of carboxylic acids is 1. The van der Waals surface area contributed by atoms with Crippen LogP contribution in [-0.2, 0) is 16.1 Å². The van der Waals surface area contributed by atoms with Crippen LogP contribution in [-0.4, -0.2) is 38.5 Å². The zero-order valence-corrected chi connectivity index (χ0v) is 10.2. The molecule has 1 rings (SSSR count). The van der Waals surface area contributed by atoms with Gasteiger partial charge in [0.05, 0.1) is 23.7 Å². The van der Waals surface area contributed by atoms with Crippen molar-refractivity contribution in [2.75, 3.05) is 11.5 Å². The molecule has 0 fully saturated rings. The summed E-state index contributed by atoms with van der Waals surface area (Å²) < 4.78 is 0. The van der Waals surface area contributed by atoms with Crippen LogP contribution in [0.1, 0.15) is 11.5 Å². The Morgan fingerprint density at radius 3 is 2.88 bits per heavy atom. The maximum absolute atomic E-state index is 11.3. The molecule has 0 aliphatic heterocycles. The van der Waals surface area contributed by atoms with E-state index < -0.39 is 5.97 Å². The molecule has 0 radical (unpaired) electrons. The summed E-state index contributed by atoms with van der Waals surface area (Å²) in [4.78, 5) is 29.6. The van der Waals surface area contributed by atoms with Gasteiger partial charge in [-0.3, -0.25) is 9.59 Å². The number of thioether (sulfide) groups is 1. The van der Waals surface area contributed by atoms with Gasteiger partial charge in [-0.2, -0.15) is 0 Å². The van der Waals surface area contributed by atoms with Gasteiger partial charge in [-0.1, -0.05) is 0 Å². The number of aromatic nitrogens is 2. The Morgan fingerprint density at radius 2 is 2.24 bits per heavy atom. The van der Waals surface area contributed by atoms with E-state index >= 15 is 0 Å². The van der Waals surface area contributed by atoms with E-state index in [-0.39, 0.29) is 17.4 Å². The van der Waals surface area contributed by atoms with Crippen molar-refractivity contribution in [2.45, 2.75) is 13.5 Å². The molecule has 0 unspecified atom stereocenters. The monoisotopic (exact) mass is 255 g/mol. The highest BCUT2D eigenvalue weighted by atomic mass is 32.2. The van der Waals surface area contributed by atoms with Crippen LogP contribution >= 0.6 is 11.8 Å². The SMILES string of the molecule is Cc1nccc(CNC(=O)CSCC(=O)O)n1. The summed E-state index contributed by atoms with van der Waals surface area (Å²) >= 11 is 1.06. The van der Waals surface area contributed by atoms with Crippen LogP contribution in [0, 0.1) is 6.92 Å². The first-order chi connectivity index (χ1) is 8.08. The van der Waals surface area contributed by atoms with Gasteiger partial charge in [0.15, 0.2) is 0 Å². The highest BCUT2D eigenvalue weighted by Crippen LogP contribution is 1.99. The highest BCUT2D eigenvalue weighted by molar-refractivity contribution is 8.00. The number of aryl methyl sites for hydroxylation is 1. The molecule has 0 saturated carbocycles. The van der Waals surface area contributed by atoms with Crippen LogP contribution in [0.5, 0.6) is 0 Å². The van der Waals surface area contributed by atoms with Gasteiger partial charge in [0, 0.05) is 6.20 Å². The summed E-state index contributed by atoms with van der Waals surface area (Å²) in [7, 11) is 0. The van der Waals surface area contributed by atoms with Crippen molar-refractivity contribution in [3.05, 3.63) is 23.8 Å². The number of amides is 1. The van der Waals surface area contributed by atoms with E-state index in [4.69, 9.17) is 5.11 Å². The summed E-state index contributed by atoms with van der Waals surface area (Å²) in [5.41, 5.74) is 0.731. The fourth-order valence-corrected chi connectivity index (χ4v) is 1.64. The molecule has 1 amide bonds. The van der Waals surface area contributed by atoms with E-state index in [1.165, 1.54) is 0 Å². The molecule has 1 aromatic rings. The first kappa shape index (κ1) is 13.4. The van der Waals surface area contributed by atoms with Crippen molar-refractivity contribution < 1.29 is 14.7 Å². The van der Waals surface area contributed by atoms with Gasteiger partial charge in [0.25, 0.3) is 0 Å². The molecule has 0 aliphatic rings. The normalized spacial score (nSPS) is 9.94. The highest BCUT2D eigenvalue weighted by Gasteiger charge is 2.04. The third-order valence-corrected chi connectivity index (χ3v) is 2.68. The lowest BCUT2D eigenvalue weighted by molar-refractivity contribution is -0.133. The topological polar surface area (TPSA) is 92.2 Å². The lowest BCUT2D eigenvalue weighted by Crippen LogP contribution is -2.25. The molecule has 0 aliphatic carbocycles. The predicted octanol–water partition coefficient (Wildman–Crippen LogP) is 0.219. The van der Waals surface area contributed by atoms with Crippen LogP contribution in [0.15, 0.2) is 12.3 Å². The second-order valence-corrected chi connectivity index (χ2v) is 4.24. The number of carbonyl (C=O) groups is 2. The zero-order valence-electron chi connectivity index (χ0n) is 9.34. The van der Waals surface area contributed by atoms with Crippen molar-refractivity contribution >= 4 is 23.6 Å². The number of carbonyl (C=O) groups excluding carboxylic acids is 1. The minimum Gasteiger partial charge on any atom is -0.481 e. The molecule has 1 aromatic heterocycles. The Balaban J connectivity index is 2.26. The molecule has 0 atom stereocenters. The van der Waals surface area contributed by atoms with E-state index in [0.717, 1.165) is 17.5 Å². The fourth-order valence-electron chi connectivity index (χ4n) is 1.07.